The highest BCUT2D eigenvalue weighted by Crippen LogP contribution is 2.32. The van der Waals surface area contributed by atoms with Crippen molar-refractivity contribution in [1.29, 1.82) is 5.26 Å². The van der Waals surface area contributed by atoms with Crippen LogP contribution in [0.3, 0.4) is 0 Å². The van der Waals surface area contributed by atoms with Gasteiger partial charge in [0.1, 0.15) is 5.78 Å². The molecular formula is C32H32F3N7O2S. The molecule has 9 nitrogen and oxygen atoms in total. The first-order valence-corrected chi connectivity index (χ1v) is 14.4. The summed E-state index contributed by atoms with van der Waals surface area (Å²) in [6.07, 6.45) is 0.493. The van der Waals surface area contributed by atoms with Gasteiger partial charge in [-0.15, -0.1) is 0 Å². The number of rotatable bonds is 13. The highest BCUT2D eigenvalue weighted by Gasteiger charge is 2.34. The maximum atomic E-state index is 13.9. The second-order valence-corrected chi connectivity index (χ2v) is 10.7. The lowest BCUT2D eigenvalue weighted by molar-refractivity contribution is -0.138. The van der Waals surface area contributed by atoms with E-state index in [1.54, 1.807) is 41.7 Å². The molecule has 0 saturated heterocycles. The van der Waals surface area contributed by atoms with E-state index in [0.717, 1.165) is 11.6 Å². The van der Waals surface area contributed by atoms with E-state index < -0.39 is 17.7 Å². The summed E-state index contributed by atoms with van der Waals surface area (Å²) in [5.41, 5.74) is 7.79. The summed E-state index contributed by atoms with van der Waals surface area (Å²) in [4.78, 5) is 23.6. The Morgan fingerprint density at radius 2 is 1.91 bits per heavy atom. The topological polar surface area (TPSA) is 122 Å². The van der Waals surface area contributed by atoms with E-state index in [1.165, 1.54) is 31.5 Å². The standard InChI is InChI=1S/C32H32F3N7O2S/c1-44-30-11-10-26(16-39-30)40-31(45)41(19-24-4-2-3-5-28(24)32(33,34)35)20-25(12-13-36)29(43)14-27-17-38-21-42(27)18-23-8-6-22(15-37)7-9-23/h2-11,16-17,21,25H,12-14,18-20,36H2,1H3,(H,40,45)/t25-/m0/s1. The van der Waals surface area contributed by atoms with Crippen LogP contribution in [0.1, 0.15) is 34.4 Å². The lowest BCUT2D eigenvalue weighted by Gasteiger charge is -2.30. The highest BCUT2D eigenvalue weighted by molar-refractivity contribution is 7.80. The number of alkyl halides is 3. The maximum absolute atomic E-state index is 13.9. The fourth-order valence-electron chi connectivity index (χ4n) is 4.80. The molecule has 0 amide bonds. The molecular weight excluding hydrogens is 603 g/mol. The molecule has 0 aliphatic rings. The zero-order valence-electron chi connectivity index (χ0n) is 24.5. The van der Waals surface area contributed by atoms with E-state index in [1.807, 2.05) is 16.7 Å². The number of carbonyl (C=O) groups excluding carboxylic acids is 1. The number of benzene rings is 2. The first-order chi connectivity index (χ1) is 21.6. The second-order valence-electron chi connectivity index (χ2n) is 10.3. The third-order valence-corrected chi connectivity index (χ3v) is 7.53. The number of nitrogens with two attached hydrogens (primary N) is 1. The number of carbonyl (C=O) groups is 1. The number of Topliss-reactive ketones (excluding diaryl/α,β-unsaturated/α-hetero) is 1. The van der Waals surface area contributed by atoms with Gasteiger partial charge in [-0.3, -0.25) is 4.79 Å². The molecule has 3 N–H and O–H groups in total. The van der Waals surface area contributed by atoms with E-state index in [0.29, 0.717) is 35.8 Å². The molecule has 0 fully saturated rings. The average molecular weight is 636 g/mol. The smallest absolute Gasteiger partial charge is 0.416 e. The zero-order valence-corrected chi connectivity index (χ0v) is 25.3. The van der Waals surface area contributed by atoms with E-state index in [4.69, 9.17) is 28.0 Å². The summed E-state index contributed by atoms with van der Waals surface area (Å²) in [6, 6.07) is 17.8. The lowest BCUT2D eigenvalue weighted by Crippen LogP contribution is -2.41. The van der Waals surface area contributed by atoms with Crippen LogP contribution in [-0.2, 0) is 30.5 Å². The summed E-state index contributed by atoms with van der Waals surface area (Å²) >= 11 is 5.67. The fraction of sp³-hybridized carbons (Fsp3) is 0.281. The van der Waals surface area contributed by atoms with Gasteiger partial charge in [-0.05, 0) is 60.6 Å². The monoisotopic (exact) mass is 635 g/mol. The van der Waals surface area contributed by atoms with Crippen molar-refractivity contribution in [2.75, 3.05) is 25.5 Å². The Kier molecular flexibility index (Phi) is 11.2. The molecule has 0 saturated carbocycles. The van der Waals surface area contributed by atoms with Crippen LogP contribution < -0.4 is 15.8 Å². The van der Waals surface area contributed by atoms with Crippen LogP contribution in [0.15, 0.2) is 79.4 Å². The van der Waals surface area contributed by atoms with Gasteiger partial charge < -0.3 is 25.3 Å². The van der Waals surface area contributed by atoms with Crippen LogP contribution in [-0.4, -0.2) is 50.5 Å². The molecule has 234 valence electrons. The van der Waals surface area contributed by atoms with E-state index in [9.17, 15) is 18.0 Å². The Labute approximate surface area is 264 Å². The van der Waals surface area contributed by atoms with Crippen LogP contribution >= 0.6 is 12.2 Å². The van der Waals surface area contributed by atoms with Gasteiger partial charge in [-0.25, -0.2) is 9.97 Å². The molecule has 0 aliphatic heterocycles. The van der Waals surface area contributed by atoms with Crippen molar-refractivity contribution in [3.63, 3.8) is 0 Å². The molecule has 0 spiro atoms. The molecule has 4 rings (SSSR count). The summed E-state index contributed by atoms with van der Waals surface area (Å²) < 4.78 is 48.6. The van der Waals surface area contributed by atoms with Crippen molar-refractivity contribution in [3.8, 4) is 11.9 Å². The van der Waals surface area contributed by atoms with E-state index in [2.05, 4.69) is 21.4 Å². The number of anilines is 1. The number of methoxy groups -OCH3 is 1. The zero-order chi connectivity index (χ0) is 32.4. The number of halogens is 3. The SMILES string of the molecule is COc1ccc(NC(=S)N(Cc2ccccc2C(F)(F)F)C[C@H](CCN)C(=O)Cc2cncn2Cc2ccc(C#N)cc2)cn1. The van der Waals surface area contributed by atoms with Gasteiger partial charge in [-0.2, -0.15) is 18.4 Å². The minimum Gasteiger partial charge on any atom is -0.481 e. The third-order valence-electron chi connectivity index (χ3n) is 7.17. The van der Waals surface area contributed by atoms with Crippen molar-refractivity contribution < 1.29 is 22.7 Å². The summed E-state index contributed by atoms with van der Waals surface area (Å²) in [6.45, 7) is 0.466. The molecule has 13 heteroatoms. The molecule has 4 aromatic rings. The molecule has 0 bridgehead atoms. The molecule has 2 aromatic carbocycles. The minimum absolute atomic E-state index is 0.0152. The lowest BCUT2D eigenvalue weighted by atomic mass is 9.95. The van der Waals surface area contributed by atoms with Crippen molar-refractivity contribution in [2.45, 2.75) is 32.1 Å². The Hall–Kier alpha value is -4.80. The first kappa shape index (κ1) is 33.1. The summed E-state index contributed by atoms with van der Waals surface area (Å²) in [7, 11) is 1.48. The van der Waals surface area contributed by atoms with Crippen molar-refractivity contribution in [2.24, 2.45) is 11.7 Å². The van der Waals surface area contributed by atoms with Crippen molar-refractivity contribution in [1.82, 2.24) is 19.4 Å². The van der Waals surface area contributed by atoms with Crippen LogP contribution in [0, 0.1) is 17.2 Å². The third kappa shape index (κ3) is 9.10. The number of nitriles is 1. The number of ether oxygens (including phenoxy) is 1. The predicted octanol–water partition coefficient (Wildman–Crippen LogP) is 5.20. The Morgan fingerprint density at radius 3 is 2.56 bits per heavy atom. The molecule has 2 aromatic heterocycles. The van der Waals surface area contributed by atoms with Gasteiger partial charge in [0.2, 0.25) is 5.88 Å². The van der Waals surface area contributed by atoms with Crippen LogP contribution in [0.5, 0.6) is 5.88 Å². The number of hydrogen-bond donors (Lipinski definition) is 2. The number of nitrogens with zero attached hydrogens (tertiary/aromatic N) is 5. The number of pyridine rings is 1. The van der Waals surface area contributed by atoms with Crippen molar-refractivity contribution in [3.05, 3.63) is 107 Å². The van der Waals surface area contributed by atoms with Gasteiger partial charge in [0.25, 0.3) is 0 Å². The normalized spacial score (nSPS) is 11.8. The number of hydrogen-bond acceptors (Lipinski definition) is 7. The van der Waals surface area contributed by atoms with Gasteiger partial charge in [0.05, 0.1) is 42.5 Å². The van der Waals surface area contributed by atoms with Crippen LogP contribution in [0.2, 0.25) is 0 Å². The average Bonchev–Trinajstić information content (AvgIpc) is 3.46. The second kappa shape index (κ2) is 15.3. The molecule has 0 aliphatic carbocycles. The van der Waals surface area contributed by atoms with Gasteiger partial charge >= 0.3 is 6.18 Å². The molecule has 2 heterocycles. The molecule has 0 unspecified atom stereocenters. The number of nitrogens with one attached hydrogen (secondary N) is 1. The maximum Gasteiger partial charge on any atom is 0.416 e. The van der Waals surface area contributed by atoms with E-state index in [-0.39, 0.29) is 42.5 Å². The number of ketones is 1. The molecule has 0 radical (unpaired) electrons. The van der Waals surface area contributed by atoms with Crippen LogP contribution in [0.4, 0.5) is 18.9 Å². The van der Waals surface area contributed by atoms with Gasteiger partial charge in [0, 0.05) is 49.9 Å². The predicted molar refractivity (Wildman–Crippen MR) is 167 cm³/mol. The van der Waals surface area contributed by atoms with Gasteiger partial charge in [0.15, 0.2) is 5.11 Å². The number of aromatic nitrogens is 3. The van der Waals surface area contributed by atoms with Gasteiger partial charge in [-0.1, -0.05) is 30.3 Å². The minimum atomic E-state index is -4.57. The number of thiocarbonyl (C=S) groups is 1. The van der Waals surface area contributed by atoms with E-state index >= 15 is 0 Å². The first-order valence-electron chi connectivity index (χ1n) is 14.0. The quantitative estimate of drug-likeness (QED) is 0.191. The van der Waals surface area contributed by atoms with Crippen molar-refractivity contribution >= 4 is 28.8 Å². The largest absolute Gasteiger partial charge is 0.481 e. The Bertz CT molecular complexity index is 1630. The summed E-state index contributed by atoms with van der Waals surface area (Å²) in [5, 5.41) is 12.2. The molecule has 1 atom stereocenters. The molecule has 45 heavy (non-hydrogen) atoms. The highest BCUT2D eigenvalue weighted by atomic mass is 32.1. The number of imidazole rings is 1. The summed E-state index contributed by atoms with van der Waals surface area (Å²) in [5.74, 6) is -0.403. The fourth-order valence-corrected chi connectivity index (χ4v) is 5.06. The van der Waals surface area contributed by atoms with Crippen LogP contribution in [0.25, 0.3) is 0 Å². The Balaban J connectivity index is 1.56. The Morgan fingerprint density at radius 1 is 1.16 bits per heavy atom.